The molecule has 19 heavy (non-hydrogen) atoms. The molecule has 1 aliphatic rings. The second-order valence-electron chi connectivity index (χ2n) is 3.87. The van der Waals surface area contributed by atoms with Gasteiger partial charge in [0.15, 0.2) is 0 Å². The maximum absolute atomic E-state index is 12.0. The van der Waals surface area contributed by atoms with Crippen molar-refractivity contribution in [3.8, 4) is 0 Å². The van der Waals surface area contributed by atoms with Crippen molar-refractivity contribution in [3.63, 3.8) is 0 Å². The third-order valence-corrected chi connectivity index (χ3v) is 3.92. The molecular formula is C15H13NOS2. The molecule has 0 bridgehead atoms. The van der Waals surface area contributed by atoms with Gasteiger partial charge in [-0.2, -0.15) is 0 Å². The minimum absolute atomic E-state index is 0.0485. The van der Waals surface area contributed by atoms with E-state index in [2.05, 4.69) is 6.58 Å². The second kappa shape index (κ2) is 6.50. The van der Waals surface area contributed by atoms with Crippen molar-refractivity contribution in [2.45, 2.75) is 0 Å². The van der Waals surface area contributed by atoms with Crippen molar-refractivity contribution >= 4 is 40.3 Å². The standard InChI is InChI=1S/C15H13NOS2/c1-2-11-16-14(17)13(19-15(16)18)10-6-9-12-7-4-3-5-8-12/h2-10H,1,11H2/b9-6+,13-10+. The molecule has 1 aliphatic heterocycles. The van der Waals surface area contributed by atoms with Crippen LogP contribution < -0.4 is 0 Å². The van der Waals surface area contributed by atoms with Crippen LogP contribution in [0.25, 0.3) is 6.08 Å². The zero-order valence-corrected chi connectivity index (χ0v) is 11.9. The number of hydrogen-bond donors (Lipinski definition) is 0. The summed E-state index contributed by atoms with van der Waals surface area (Å²) in [5.74, 6) is -0.0485. The maximum Gasteiger partial charge on any atom is 0.266 e. The molecule has 2 rings (SSSR count). The molecule has 96 valence electrons. The molecule has 2 nitrogen and oxygen atoms in total. The van der Waals surface area contributed by atoms with E-state index >= 15 is 0 Å². The minimum atomic E-state index is -0.0485. The first-order valence-corrected chi connectivity index (χ1v) is 7.03. The quantitative estimate of drug-likeness (QED) is 0.479. The van der Waals surface area contributed by atoms with Crippen LogP contribution in [0.5, 0.6) is 0 Å². The number of benzene rings is 1. The third-order valence-electron chi connectivity index (χ3n) is 2.52. The Balaban J connectivity index is 2.09. The van der Waals surface area contributed by atoms with Crippen LogP contribution >= 0.6 is 24.0 Å². The average molecular weight is 287 g/mol. The summed E-state index contributed by atoms with van der Waals surface area (Å²) in [4.78, 5) is 14.2. The van der Waals surface area contributed by atoms with Crippen LogP contribution in [-0.2, 0) is 4.79 Å². The summed E-state index contributed by atoms with van der Waals surface area (Å²) in [5.41, 5.74) is 1.10. The number of thiocarbonyl (C=S) groups is 1. The molecule has 1 aromatic carbocycles. The van der Waals surface area contributed by atoms with Gasteiger partial charge in [-0.05, 0) is 11.6 Å². The first-order chi connectivity index (χ1) is 9.22. The highest BCUT2D eigenvalue weighted by Gasteiger charge is 2.30. The van der Waals surface area contributed by atoms with Crippen LogP contribution in [0, 0.1) is 0 Å². The molecule has 0 aliphatic carbocycles. The van der Waals surface area contributed by atoms with E-state index in [0.717, 1.165) is 5.56 Å². The molecule has 0 radical (unpaired) electrons. The van der Waals surface area contributed by atoms with E-state index in [1.807, 2.05) is 42.5 Å². The van der Waals surface area contributed by atoms with Crippen molar-refractivity contribution in [3.05, 3.63) is 65.6 Å². The number of nitrogens with zero attached hydrogens (tertiary/aromatic N) is 1. The van der Waals surface area contributed by atoms with Crippen molar-refractivity contribution in [2.24, 2.45) is 0 Å². The Bertz CT molecular complexity index is 561. The Labute approximate surface area is 122 Å². The number of carbonyl (C=O) groups is 1. The van der Waals surface area contributed by atoms with Crippen LogP contribution in [0.4, 0.5) is 0 Å². The van der Waals surface area contributed by atoms with Crippen molar-refractivity contribution < 1.29 is 4.79 Å². The molecule has 1 fully saturated rings. The van der Waals surface area contributed by atoms with Gasteiger partial charge in [0, 0.05) is 6.54 Å². The summed E-state index contributed by atoms with van der Waals surface area (Å²) in [6, 6.07) is 9.94. The van der Waals surface area contributed by atoms with Crippen molar-refractivity contribution in [1.82, 2.24) is 4.90 Å². The fourth-order valence-corrected chi connectivity index (χ4v) is 2.84. The van der Waals surface area contributed by atoms with E-state index in [9.17, 15) is 4.79 Å². The summed E-state index contributed by atoms with van der Waals surface area (Å²) in [6.45, 7) is 4.09. The van der Waals surface area contributed by atoms with Crippen molar-refractivity contribution in [2.75, 3.05) is 6.54 Å². The normalized spacial score (nSPS) is 17.7. The van der Waals surface area contributed by atoms with Crippen molar-refractivity contribution in [1.29, 1.82) is 0 Å². The molecule has 0 N–H and O–H groups in total. The molecule has 0 atom stereocenters. The third kappa shape index (κ3) is 3.43. The largest absolute Gasteiger partial charge is 0.289 e. The smallest absolute Gasteiger partial charge is 0.266 e. The van der Waals surface area contributed by atoms with Crippen LogP contribution in [0.2, 0.25) is 0 Å². The van der Waals surface area contributed by atoms with Gasteiger partial charge in [-0.1, -0.05) is 72.5 Å². The Morgan fingerprint density at radius 1 is 1.32 bits per heavy atom. The van der Waals surface area contributed by atoms with E-state index in [4.69, 9.17) is 12.2 Å². The van der Waals surface area contributed by atoms with Gasteiger partial charge in [0.25, 0.3) is 5.91 Å². The number of carbonyl (C=O) groups excluding carboxylic acids is 1. The maximum atomic E-state index is 12.0. The van der Waals surface area contributed by atoms with Gasteiger partial charge in [-0.15, -0.1) is 6.58 Å². The zero-order chi connectivity index (χ0) is 13.7. The number of amides is 1. The lowest BCUT2D eigenvalue weighted by molar-refractivity contribution is -0.121. The van der Waals surface area contributed by atoms with Gasteiger partial charge in [0.2, 0.25) is 0 Å². The molecule has 1 heterocycles. The van der Waals surface area contributed by atoms with Gasteiger partial charge in [-0.3, -0.25) is 9.69 Å². The predicted octanol–water partition coefficient (Wildman–Crippen LogP) is 3.63. The molecule has 0 spiro atoms. The Kier molecular flexibility index (Phi) is 4.71. The Hall–Kier alpha value is -1.65. The Morgan fingerprint density at radius 3 is 2.74 bits per heavy atom. The van der Waals surface area contributed by atoms with E-state index in [-0.39, 0.29) is 5.91 Å². The summed E-state index contributed by atoms with van der Waals surface area (Å²) in [5, 5.41) is 0. The molecule has 4 heteroatoms. The number of thioether (sulfide) groups is 1. The van der Waals surface area contributed by atoms with Gasteiger partial charge in [0.05, 0.1) is 4.91 Å². The highest BCUT2D eigenvalue weighted by atomic mass is 32.2. The first-order valence-electron chi connectivity index (χ1n) is 5.80. The van der Waals surface area contributed by atoms with Crippen LogP contribution in [0.3, 0.4) is 0 Å². The number of rotatable bonds is 4. The predicted molar refractivity (Wildman–Crippen MR) is 85.7 cm³/mol. The topological polar surface area (TPSA) is 20.3 Å². The van der Waals surface area contributed by atoms with Gasteiger partial charge in [0.1, 0.15) is 4.32 Å². The molecule has 1 aromatic rings. The van der Waals surface area contributed by atoms with E-state index in [1.165, 1.54) is 11.8 Å². The van der Waals surface area contributed by atoms with E-state index in [1.54, 1.807) is 17.1 Å². The summed E-state index contributed by atoms with van der Waals surface area (Å²) in [7, 11) is 0. The highest BCUT2D eigenvalue weighted by molar-refractivity contribution is 8.26. The summed E-state index contributed by atoms with van der Waals surface area (Å²) < 4.78 is 0.587. The lowest BCUT2D eigenvalue weighted by atomic mass is 10.2. The lowest BCUT2D eigenvalue weighted by Gasteiger charge is -2.10. The molecule has 1 amide bonds. The van der Waals surface area contributed by atoms with E-state index < -0.39 is 0 Å². The fraction of sp³-hybridized carbons (Fsp3) is 0.0667. The first kappa shape index (κ1) is 13.8. The van der Waals surface area contributed by atoms with Crippen LogP contribution in [0.1, 0.15) is 5.56 Å². The number of allylic oxidation sites excluding steroid dienone is 2. The molecule has 0 aromatic heterocycles. The van der Waals surface area contributed by atoms with E-state index in [0.29, 0.717) is 15.8 Å². The van der Waals surface area contributed by atoms with Crippen LogP contribution in [0.15, 0.2) is 60.0 Å². The Morgan fingerprint density at radius 2 is 2.05 bits per heavy atom. The zero-order valence-electron chi connectivity index (χ0n) is 10.3. The van der Waals surface area contributed by atoms with Crippen LogP contribution in [-0.4, -0.2) is 21.7 Å². The fourth-order valence-electron chi connectivity index (χ4n) is 1.61. The monoisotopic (exact) mass is 287 g/mol. The van der Waals surface area contributed by atoms with Gasteiger partial charge in [-0.25, -0.2) is 0 Å². The molecule has 0 saturated carbocycles. The second-order valence-corrected chi connectivity index (χ2v) is 5.55. The summed E-state index contributed by atoms with van der Waals surface area (Å²) in [6.07, 6.45) is 7.30. The lowest BCUT2D eigenvalue weighted by Crippen LogP contribution is -2.27. The highest BCUT2D eigenvalue weighted by Crippen LogP contribution is 2.30. The number of hydrogen-bond acceptors (Lipinski definition) is 3. The SMILES string of the molecule is C=CCN1C(=O)/C(=C\C=C\c2ccccc2)SC1=S. The summed E-state index contributed by atoms with van der Waals surface area (Å²) >= 11 is 6.49. The van der Waals surface area contributed by atoms with Gasteiger partial charge >= 0.3 is 0 Å². The average Bonchev–Trinajstić information content (AvgIpc) is 2.68. The molecule has 1 saturated heterocycles. The molecule has 0 unspecified atom stereocenters. The minimum Gasteiger partial charge on any atom is -0.289 e. The van der Waals surface area contributed by atoms with Gasteiger partial charge < -0.3 is 0 Å². The molecular weight excluding hydrogens is 274 g/mol.